The van der Waals surface area contributed by atoms with Gasteiger partial charge in [-0.15, -0.1) is 0 Å². The van der Waals surface area contributed by atoms with Gasteiger partial charge < -0.3 is 10.1 Å². The van der Waals surface area contributed by atoms with Crippen molar-refractivity contribution in [3.63, 3.8) is 0 Å². The Morgan fingerprint density at radius 1 is 1.50 bits per heavy atom. The summed E-state index contributed by atoms with van der Waals surface area (Å²) in [6.45, 7) is 1.80. The van der Waals surface area contributed by atoms with Crippen LogP contribution in [0.5, 0.6) is 0 Å². The van der Waals surface area contributed by atoms with Crippen LogP contribution in [0, 0.1) is 0 Å². The largest absolute Gasteiger partial charge is 0.382 e. The maximum Gasteiger partial charge on any atom is 0.157 e. The normalized spacial score (nSPS) is 25.1. The molecule has 80 valence electrons. The summed E-state index contributed by atoms with van der Waals surface area (Å²) >= 11 is 1.85. The quantitative estimate of drug-likeness (QED) is 0.775. The first-order valence-corrected chi connectivity index (χ1v) is 6.28. The monoisotopic (exact) mass is 214 g/mol. The highest BCUT2D eigenvalue weighted by atomic mass is 32.2. The van der Waals surface area contributed by atoms with Crippen LogP contribution in [0.3, 0.4) is 0 Å². The van der Waals surface area contributed by atoms with Crippen molar-refractivity contribution in [1.29, 1.82) is 0 Å². The molecule has 0 bridgehead atoms. The standard InChI is InChI=1S/C10H18N2OS/c1-13-8-10(4-2-5-10)12-9-11-6-3-7-14-9/h2-8H2,1H3,(H,11,12). The number of methoxy groups -OCH3 is 1. The zero-order valence-corrected chi connectivity index (χ0v) is 9.53. The summed E-state index contributed by atoms with van der Waals surface area (Å²) in [4.78, 5) is 4.49. The summed E-state index contributed by atoms with van der Waals surface area (Å²) in [6.07, 6.45) is 4.97. The van der Waals surface area contributed by atoms with Crippen molar-refractivity contribution in [1.82, 2.24) is 5.32 Å². The Morgan fingerprint density at radius 2 is 2.36 bits per heavy atom. The predicted molar refractivity (Wildman–Crippen MR) is 61.0 cm³/mol. The third-order valence-electron chi connectivity index (χ3n) is 2.90. The van der Waals surface area contributed by atoms with Gasteiger partial charge in [-0.1, -0.05) is 11.8 Å². The number of nitrogens with zero attached hydrogens (tertiary/aromatic N) is 1. The molecule has 3 nitrogen and oxygen atoms in total. The van der Waals surface area contributed by atoms with Gasteiger partial charge in [-0.05, 0) is 25.7 Å². The van der Waals surface area contributed by atoms with Gasteiger partial charge in [0.15, 0.2) is 5.17 Å². The summed E-state index contributed by atoms with van der Waals surface area (Å²) in [5.41, 5.74) is 0.206. The van der Waals surface area contributed by atoms with Crippen molar-refractivity contribution >= 4 is 16.9 Å². The minimum Gasteiger partial charge on any atom is -0.382 e. The van der Waals surface area contributed by atoms with Crippen molar-refractivity contribution in [2.24, 2.45) is 4.99 Å². The molecule has 0 aromatic carbocycles. The Balaban J connectivity index is 1.90. The van der Waals surface area contributed by atoms with E-state index >= 15 is 0 Å². The predicted octanol–water partition coefficient (Wildman–Crippen LogP) is 1.64. The zero-order valence-electron chi connectivity index (χ0n) is 8.71. The Labute approximate surface area is 89.7 Å². The molecule has 0 aromatic rings. The summed E-state index contributed by atoms with van der Waals surface area (Å²) in [5.74, 6) is 1.20. The van der Waals surface area contributed by atoms with Crippen molar-refractivity contribution in [2.45, 2.75) is 31.2 Å². The molecule has 4 heteroatoms. The summed E-state index contributed by atoms with van der Waals surface area (Å²) in [6, 6.07) is 0. The van der Waals surface area contributed by atoms with Crippen LogP contribution in [0.4, 0.5) is 0 Å². The molecule has 0 atom stereocenters. The Morgan fingerprint density at radius 3 is 2.86 bits per heavy atom. The van der Waals surface area contributed by atoms with Crippen LogP contribution >= 0.6 is 11.8 Å². The second-order valence-electron chi connectivity index (χ2n) is 4.08. The highest BCUT2D eigenvalue weighted by Crippen LogP contribution is 2.33. The number of nitrogens with one attached hydrogen (secondary N) is 1. The van der Waals surface area contributed by atoms with E-state index in [2.05, 4.69) is 10.3 Å². The number of hydrogen-bond acceptors (Lipinski definition) is 4. The topological polar surface area (TPSA) is 33.6 Å². The van der Waals surface area contributed by atoms with E-state index in [1.54, 1.807) is 7.11 Å². The zero-order chi connectivity index (χ0) is 9.86. The fraction of sp³-hybridized carbons (Fsp3) is 0.900. The molecule has 2 aliphatic rings. The smallest absolute Gasteiger partial charge is 0.157 e. The first-order chi connectivity index (χ1) is 6.85. The lowest BCUT2D eigenvalue weighted by Gasteiger charge is -2.43. The fourth-order valence-electron chi connectivity index (χ4n) is 1.95. The molecule has 0 aromatic heterocycles. The van der Waals surface area contributed by atoms with Crippen LogP contribution in [0.1, 0.15) is 25.7 Å². The summed E-state index contributed by atoms with van der Waals surface area (Å²) in [7, 11) is 1.78. The number of rotatable bonds is 3. The van der Waals surface area contributed by atoms with Crippen LogP contribution in [0.15, 0.2) is 4.99 Å². The van der Waals surface area contributed by atoms with E-state index in [-0.39, 0.29) is 5.54 Å². The number of hydrogen-bond donors (Lipinski definition) is 1. The van der Waals surface area contributed by atoms with Gasteiger partial charge in [-0.3, -0.25) is 4.99 Å². The lowest BCUT2D eigenvalue weighted by molar-refractivity contribution is 0.0710. The maximum atomic E-state index is 5.26. The van der Waals surface area contributed by atoms with Crippen LogP contribution in [0.2, 0.25) is 0 Å². The number of thioether (sulfide) groups is 1. The van der Waals surface area contributed by atoms with Crippen LogP contribution < -0.4 is 5.32 Å². The average Bonchev–Trinajstić information content (AvgIpc) is 2.16. The van der Waals surface area contributed by atoms with Gasteiger partial charge in [0.25, 0.3) is 0 Å². The van der Waals surface area contributed by atoms with Crippen LogP contribution in [0.25, 0.3) is 0 Å². The van der Waals surface area contributed by atoms with Crippen LogP contribution in [-0.2, 0) is 4.74 Å². The van der Waals surface area contributed by atoms with Crippen molar-refractivity contribution in [3.8, 4) is 0 Å². The third kappa shape index (κ3) is 2.23. The lowest BCUT2D eigenvalue weighted by Crippen LogP contribution is -2.56. The van der Waals surface area contributed by atoms with Crippen LogP contribution in [-0.4, -0.2) is 36.7 Å². The Kier molecular flexibility index (Phi) is 3.34. The average molecular weight is 214 g/mol. The summed E-state index contributed by atoms with van der Waals surface area (Å²) < 4.78 is 5.26. The molecule has 0 radical (unpaired) electrons. The second kappa shape index (κ2) is 4.53. The molecule has 1 aliphatic heterocycles. The van der Waals surface area contributed by atoms with E-state index in [4.69, 9.17) is 4.74 Å². The molecular formula is C10H18N2OS. The van der Waals surface area contributed by atoms with E-state index in [0.29, 0.717) is 0 Å². The van der Waals surface area contributed by atoms with E-state index in [1.807, 2.05) is 11.8 Å². The highest BCUT2D eigenvalue weighted by molar-refractivity contribution is 8.13. The first-order valence-electron chi connectivity index (χ1n) is 5.29. The van der Waals surface area contributed by atoms with Gasteiger partial charge in [-0.2, -0.15) is 0 Å². The van der Waals surface area contributed by atoms with E-state index in [0.717, 1.165) is 18.3 Å². The van der Waals surface area contributed by atoms with E-state index in [1.165, 1.54) is 31.4 Å². The van der Waals surface area contributed by atoms with Gasteiger partial charge >= 0.3 is 0 Å². The Bertz CT molecular complexity index is 226. The first kappa shape index (κ1) is 10.3. The van der Waals surface area contributed by atoms with Gasteiger partial charge in [-0.25, -0.2) is 0 Å². The second-order valence-corrected chi connectivity index (χ2v) is 5.16. The molecule has 0 spiro atoms. The molecule has 0 saturated heterocycles. The van der Waals surface area contributed by atoms with Gasteiger partial charge in [0, 0.05) is 19.4 Å². The molecule has 0 amide bonds. The molecule has 14 heavy (non-hydrogen) atoms. The maximum absolute atomic E-state index is 5.26. The minimum absolute atomic E-state index is 0.206. The molecule has 0 unspecified atom stereocenters. The molecule has 1 aliphatic carbocycles. The number of aliphatic imine (C=N–C) groups is 1. The molecule has 1 N–H and O–H groups in total. The number of ether oxygens (including phenoxy) is 1. The van der Waals surface area contributed by atoms with Crippen molar-refractivity contribution in [2.75, 3.05) is 26.0 Å². The Hall–Kier alpha value is -0.220. The third-order valence-corrected chi connectivity index (χ3v) is 3.90. The van der Waals surface area contributed by atoms with Gasteiger partial charge in [0.05, 0.1) is 12.1 Å². The molecule has 1 saturated carbocycles. The molecule has 2 rings (SSSR count). The van der Waals surface area contributed by atoms with Crippen molar-refractivity contribution in [3.05, 3.63) is 0 Å². The molecule has 1 fully saturated rings. The molecule has 1 heterocycles. The van der Waals surface area contributed by atoms with Gasteiger partial charge in [0.2, 0.25) is 0 Å². The van der Waals surface area contributed by atoms with Crippen molar-refractivity contribution < 1.29 is 4.74 Å². The van der Waals surface area contributed by atoms with E-state index < -0.39 is 0 Å². The van der Waals surface area contributed by atoms with E-state index in [9.17, 15) is 0 Å². The molecular weight excluding hydrogens is 196 g/mol. The summed E-state index contributed by atoms with van der Waals surface area (Å²) in [5, 5.41) is 4.69. The lowest BCUT2D eigenvalue weighted by atomic mass is 9.77. The fourth-order valence-corrected chi connectivity index (χ4v) is 2.89. The highest BCUT2D eigenvalue weighted by Gasteiger charge is 2.37. The van der Waals surface area contributed by atoms with Gasteiger partial charge in [0.1, 0.15) is 0 Å². The minimum atomic E-state index is 0.206. The SMILES string of the molecule is COCC1(NC2=NCCCS2)CCC1. The number of amidine groups is 1.